The van der Waals surface area contributed by atoms with Crippen molar-refractivity contribution in [1.82, 2.24) is 19.7 Å². The van der Waals surface area contributed by atoms with Crippen LogP contribution in [0.2, 0.25) is 0 Å². The van der Waals surface area contributed by atoms with Crippen molar-refractivity contribution in [2.45, 2.75) is 52.0 Å². The molecule has 0 aromatic carbocycles. The minimum atomic E-state index is 0.0669. The van der Waals surface area contributed by atoms with Crippen LogP contribution in [-0.2, 0) is 17.7 Å². The Labute approximate surface area is 147 Å². The third-order valence-electron chi connectivity index (χ3n) is 4.34. The zero-order valence-electron chi connectivity index (χ0n) is 14.6. The van der Waals surface area contributed by atoms with Crippen molar-refractivity contribution in [2.24, 2.45) is 0 Å². The lowest BCUT2D eigenvalue weighted by Crippen LogP contribution is -2.46. The predicted molar refractivity (Wildman–Crippen MR) is 94.2 cm³/mol. The number of ether oxygens (including phenoxy) is 1. The molecule has 0 amide bonds. The van der Waals surface area contributed by atoms with E-state index in [0.29, 0.717) is 6.54 Å². The lowest BCUT2D eigenvalue weighted by molar-refractivity contribution is -0.0802. The zero-order valence-corrected chi connectivity index (χ0v) is 15.4. The maximum Gasteiger partial charge on any atom is 0.156 e. The van der Waals surface area contributed by atoms with Gasteiger partial charge in [-0.2, -0.15) is 5.10 Å². The monoisotopic (exact) mass is 350 g/mol. The van der Waals surface area contributed by atoms with Crippen LogP contribution < -0.4 is 0 Å². The first-order valence-corrected chi connectivity index (χ1v) is 9.41. The van der Waals surface area contributed by atoms with Gasteiger partial charge in [0.1, 0.15) is 5.82 Å². The number of aliphatic hydroxyl groups is 1. The van der Waals surface area contributed by atoms with Crippen molar-refractivity contribution in [3.05, 3.63) is 34.0 Å². The highest BCUT2D eigenvalue weighted by atomic mass is 32.1. The molecule has 0 aliphatic carbocycles. The minimum absolute atomic E-state index is 0.0669. The number of thiophene rings is 1. The topological polar surface area (TPSA) is 63.4 Å². The second kappa shape index (κ2) is 7.74. The lowest BCUT2D eigenvalue weighted by Gasteiger charge is -2.38. The summed E-state index contributed by atoms with van der Waals surface area (Å²) in [6, 6.07) is 4.30. The molecule has 132 valence electrons. The highest BCUT2D eigenvalue weighted by Gasteiger charge is 2.29. The van der Waals surface area contributed by atoms with Crippen LogP contribution in [-0.4, -0.2) is 56.7 Å². The van der Waals surface area contributed by atoms with Crippen LogP contribution in [0.5, 0.6) is 0 Å². The molecule has 7 heteroatoms. The maximum absolute atomic E-state index is 9.37. The van der Waals surface area contributed by atoms with Gasteiger partial charge in [-0.25, -0.2) is 9.67 Å². The number of aromatic nitrogens is 3. The van der Waals surface area contributed by atoms with Gasteiger partial charge in [0.25, 0.3) is 0 Å². The molecule has 1 N–H and O–H groups in total. The average molecular weight is 350 g/mol. The Kier molecular flexibility index (Phi) is 5.65. The van der Waals surface area contributed by atoms with Gasteiger partial charge >= 0.3 is 0 Å². The van der Waals surface area contributed by atoms with Gasteiger partial charge < -0.3 is 9.84 Å². The summed E-state index contributed by atoms with van der Waals surface area (Å²) in [5, 5.41) is 16.1. The Morgan fingerprint density at radius 1 is 1.38 bits per heavy atom. The van der Waals surface area contributed by atoms with Crippen LogP contribution in [0.15, 0.2) is 17.5 Å². The molecule has 0 saturated carbocycles. The molecule has 1 unspecified atom stereocenters. The molecule has 2 aromatic heterocycles. The molecule has 1 aliphatic rings. The van der Waals surface area contributed by atoms with E-state index in [0.717, 1.165) is 31.2 Å². The number of nitrogens with zero attached hydrogens (tertiary/aromatic N) is 4. The van der Waals surface area contributed by atoms with Gasteiger partial charge in [0.15, 0.2) is 5.82 Å². The number of aliphatic hydroxyl groups excluding tert-OH is 1. The summed E-state index contributed by atoms with van der Waals surface area (Å²) in [4.78, 5) is 8.44. The van der Waals surface area contributed by atoms with E-state index in [-0.39, 0.29) is 24.9 Å². The second-order valence-electron chi connectivity index (χ2n) is 6.48. The summed E-state index contributed by atoms with van der Waals surface area (Å²) in [6.07, 6.45) is 1.18. The summed E-state index contributed by atoms with van der Waals surface area (Å²) in [7, 11) is 0. The molecule has 1 saturated heterocycles. The summed E-state index contributed by atoms with van der Waals surface area (Å²) in [5.74, 6) is 1.75. The molecular formula is C17H26N4O2S. The van der Waals surface area contributed by atoms with Gasteiger partial charge in [-0.05, 0) is 32.2 Å². The smallest absolute Gasteiger partial charge is 0.156 e. The third-order valence-corrected chi connectivity index (χ3v) is 5.21. The van der Waals surface area contributed by atoms with Crippen LogP contribution in [0.25, 0.3) is 0 Å². The number of rotatable bonds is 6. The molecule has 0 spiro atoms. The Balaban J connectivity index is 1.80. The summed E-state index contributed by atoms with van der Waals surface area (Å²) in [6.45, 7) is 8.70. The van der Waals surface area contributed by atoms with Crippen LogP contribution in [0.3, 0.4) is 0 Å². The summed E-state index contributed by atoms with van der Waals surface area (Å²) in [5.41, 5.74) is 0. The van der Waals surface area contributed by atoms with Crippen molar-refractivity contribution < 1.29 is 9.84 Å². The van der Waals surface area contributed by atoms with Crippen molar-refractivity contribution >= 4 is 11.3 Å². The van der Waals surface area contributed by atoms with E-state index in [1.54, 1.807) is 11.3 Å². The Hall–Kier alpha value is -1.28. The van der Waals surface area contributed by atoms with E-state index in [1.165, 1.54) is 4.88 Å². The second-order valence-corrected chi connectivity index (χ2v) is 7.51. The molecule has 2 aromatic rings. The zero-order chi connectivity index (χ0) is 17.1. The van der Waals surface area contributed by atoms with Gasteiger partial charge in [-0.3, -0.25) is 4.90 Å². The van der Waals surface area contributed by atoms with Crippen LogP contribution in [0.1, 0.15) is 43.3 Å². The van der Waals surface area contributed by atoms with Gasteiger partial charge in [-0.15, -0.1) is 11.3 Å². The number of hydrogen-bond donors (Lipinski definition) is 1. The molecule has 1 fully saturated rings. The SMILES string of the molecule is CC(c1nc(Cc2cccs2)nn1CCO)N1C[C@@H](C)O[C@@H](C)C1. The van der Waals surface area contributed by atoms with Gasteiger partial charge in [0.05, 0.1) is 31.4 Å². The van der Waals surface area contributed by atoms with Crippen LogP contribution in [0, 0.1) is 0 Å². The summed E-state index contributed by atoms with van der Waals surface area (Å²) < 4.78 is 7.69. The number of hydrogen-bond acceptors (Lipinski definition) is 6. The largest absolute Gasteiger partial charge is 0.394 e. The molecule has 1 aliphatic heterocycles. The van der Waals surface area contributed by atoms with E-state index in [9.17, 15) is 5.11 Å². The predicted octanol–water partition coefficient (Wildman–Crippen LogP) is 2.09. The molecule has 6 nitrogen and oxygen atoms in total. The van der Waals surface area contributed by atoms with E-state index in [1.807, 2.05) is 10.7 Å². The van der Waals surface area contributed by atoms with E-state index >= 15 is 0 Å². The van der Waals surface area contributed by atoms with Crippen molar-refractivity contribution in [2.75, 3.05) is 19.7 Å². The molecule has 3 atom stereocenters. The van der Waals surface area contributed by atoms with E-state index < -0.39 is 0 Å². The molecule has 3 heterocycles. The van der Waals surface area contributed by atoms with Gasteiger partial charge in [0, 0.05) is 24.4 Å². The molecule has 3 rings (SSSR count). The fourth-order valence-electron chi connectivity index (χ4n) is 3.31. The Bertz CT molecular complexity index is 633. The summed E-state index contributed by atoms with van der Waals surface area (Å²) >= 11 is 1.72. The highest BCUT2D eigenvalue weighted by Crippen LogP contribution is 2.24. The molecular weight excluding hydrogens is 324 g/mol. The molecule has 0 radical (unpaired) electrons. The van der Waals surface area contributed by atoms with E-state index in [2.05, 4.69) is 42.2 Å². The van der Waals surface area contributed by atoms with Crippen molar-refractivity contribution in [1.29, 1.82) is 0 Å². The number of morpholine rings is 1. The molecule has 0 bridgehead atoms. The quantitative estimate of drug-likeness (QED) is 0.864. The first kappa shape index (κ1) is 17.5. The fourth-order valence-corrected chi connectivity index (χ4v) is 4.01. The first-order valence-electron chi connectivity index (χ1n) is 8.53. The fraction of sp³-hybridized carbons (Fsp3) is 0.647. The normalized spacial score (nSPS) is 23.5. The van der Waals surface area contributed by atoms with Crippen LogP contribution >= 0.6 is 11.3 Å². The first-order chi connectivity index (χ1) is 11.6. The van der Waals surface area contributed by atoms with Gasteiger partial charge in [-0.1, -0.05) is 6.07 Å². The van der Waals surface area contributed by atoms with Crippen LogP contribution in [0.4, 0.5) is 0 Å². The minimum Gasteiger partial charge on any atom is -0.394 e. The van der Waals surface area contributed by atoms with Crippen molar-refractivity contribution in [3.8, 4) is 0 Å². The van der Waals surface area contributed by atoms with Crippen molar-refractivity contribution in [3.63, 3.8) is 0 Å². The third kappa shape index (κ3) is 4.03. The average Bonchev–Trinajstić information content (AvgIpc) is 3.16. The standard InChI is InChI=1S/C17H26N4O2S/c1-12-10-20(11-13(2)23-12)14(3)17-18-16(19-21(17)6-7-22)9-15-5-4-8-24-15/h4-5,8,12-14,22H,6-7,9-11H2,1-3H3/t12-,13+,14?. The van der Waals surface area contributed by atoms with Gasteiger partial charge in [0.2, 0.25) is 0 Å². The highest BCUT2D eigenvalue weighted by molar-refractivity contribution is 7.09. The lowest BCUT2D eigenvalue weighted by atomic mass is 10.1. The Morgan fingerprint density at radius 2 is 2.12 bits per heavy atom. The molecule has 24 heavy (non-hydrogen) atoms. The Morgan fingerprint density at radius 3 is 2.75 bits per heavy atom. The van der Waals surface area contributed by atoms with E-state index in [4.69, 9.17) is 9.72 Å². The maximum atomic E-state index is 9.37.